The van der Waals surface area contributed by atoms with Crippen molar-refractivity contribution >= 4 is 46.1 Å². The van der Waals surface area contributed by atoms with Crippen molar-refractivity contribution in [1.82, 2.24) is 19.8 Å². The number of rotatable bonds is 6. The first-order chi connectivity index (χ1) is 14.7. The monoisotopic (exact) mass is 455 g/mol. The fourth-order valence-corrected chi connectivity index (χ4v) is 5.58. The summed E-state index contributed by atoms with van der Waals surface area (Å²) in [6, 6.07) is 11.7. The number of thioether (sulfide) groups is 1. The maximum atomic E-state index is 13.1. The summed E-state index contributed by atoms with van der Waals surface area (Å²) >= 11 is 4.65. The molecular weight excluding hydrogens is 438 g/mol. The Hall–Kier alpha value is -2.69. The van der Waals surface area contributed by atoms with Crippen LogP contribution >= 0.6 is 34.4 Å². The van der Waals surface area contributed by atoms with E-state index in [1.807, 2.05) is 52.7 Å². The Morgan fingerprint density at radius 1 is 1.20 bits per heavy atom. The summed E-state index contributed by atoms with van der Waals surface area (Å²) in [5, 5.41) is 19.4. The molecule has 0 aromatic carbocycles. The normalized spacial score (nSPS) is 16.2. The number of hydrogen-bond acceptors (Lipinski definition) is 8. The molecule has 5 heterocycles. The van der Waals surface area contributed by atoms with Gasteiger partial charge in [0.1, 0.15) is 0 Å². The maximum Gasteiger partial charge on any atom is 0.253 e. The molecular formula is C20H17N5O2S3. The van der Waals surface area contributed by atoms with Crippen LogP contribution in [0.15, 0.2) is 68.1 Å². The molecule has 0 spiro atoms. The summed E-state index contributed by atoms with van der Waals surface area (Å²) in [6.07, 6.45) is 2.33. The molecule has 1 amide bonds. The van der Waals surface area contributed by atoms with Crippen LogP contribution < -0.4 is 0 Å². The number of carbonyl (C=O) groups is 1. The van der Waals surface area contributed by atoms with Crippen LogP contribution in [0.4, 0.5) is 0 Å². The van der Waals surface area contributed by atoms with Gasteiger partial charge in [0.15, 0.2) is 16.7 Å². The standard InChI is InChI=1S/C20H17N5O2S3/c1-24-19(15-5-2-8-27-15)21-22-20(24)30-12-18(26)25-14(17-7-4-10-29-17)11-13(23-25)16-6-3-9-28-16/h2-10,14H,11-12H2,1H3/t14-/m1/s1. The van der Waals surface area contributed by atoms with Gasteiger partial charge in [0, 0.05) is 18.3 Å². The third-order valence-electron chi connectivity index (χ3n) is 4.74. The minimum Gasteiger partial charge on any atom is -0.461 e. The minimum absolute atomic E-state index is 0.0486. The smallest absolute Gasteiger partial charge is 0.253 e. The molecule has 0 aliphatic carbocycles. The van der Waals surface area contributed by atoms with Crippen molar-refractivity contribution < 1.29 is 9.21 Å². The Kier molecular flexibility index (Phi) is 5.28. The molecule has 7 nitrogen and oxygen atoms in total. The summed E-state index contributed by atoms with van der Waals surface area (Å²) in [4.78, 5) is 15.4. The van der Waals surface area contributed by atoms with Crippen molar-refractivity contribution in [1.29, 1.82) is 0 Å². The van der Waals surface area contributed by atoms with E-state index in [2.05, 4.69) is 16.3 Å². The third-order valence-corrected chi connectivity index (χ3v) is 7.64. The second-order valence-electron chi connectivity index (χ2n) is 6.63. The topological polar surface area (TPSA) is 76.5 Å². The van der Waals surface area contributed by atoms with Crippen molar-refractivity contribution in [3.63, 3.8) is 0 Å². The second-order valence-corrected chi connectivity index (χ2v) is 9.50. The lowest BCUT2D eigenvalue weighted by Gasteiger charge is -2.20. The van der Waals surface area contributed by atoms with E-state index in [1.165, 1.54) is 11.8 Å². The number of hydrazone groups is 1. The molecule has 152 valence electrons. The van der Waals surface area contributed by atoms with Gasteiger partial charge in [0.05, 0.1) is 28.6 Å². The molecule has 0 bridgehead atoms. The molecule has 0 saturated carbocycles. The average molecular weight is 456 g/mol. The Morgan fingerprint density at radius 3 is 2.80 bits per heavy atom. The molecule has 0 fully saturated rings. The molecule has 5 rings (SSSR count). The van der Waals surface area contributed by atoms with Crippen LogP contribution in [0.1, 0.15) is 22.2 Å². The highest BCUT2D eigenvalue weighted by atomic mass is 32.2. The first-order valence-electron chi connectivity index (χ1n) is 9.23. The SMILES string of the molecule is Cn1c(SCC(=O)N2N=C(c3cccs3)C[C@@H]2c2cccs2)nnc1-c1ccco1. The summed E-state index contributed by atoms with van der Waals surface area (Å²) in [6.45, 7) is 0. The second kappa shape index (κ2) is 8.21. The lowest BCUT2D eigenvalue weighted by Crippen LogP contribution is -2.28. The lowest BCUT2D eigenvalue weighted by molar-refractivity contribution is -0.130. The highest BCUT2D eigenvalue weighted by Gasteiger charge is 2.34. The zero-order valence-electron chi connectivity index (χ0n) is 16.0. The molecule has 1 aliphatic rings. The molecule has 0 N–H and O–H groups in total. The molecule has 4 aromatic rings. The zero-order chi connectivity index (χ0) is 20.5. The number of hydrogen-bond donors (Lipinski definition) is 0. The van der Waals surface area contributed by atoms with Crippen LogP contribution in [0.3, 0.4) is 0 Å². The maximum absolute atomic E-state index is 13.1. The molecule has 10 heteroatoms. The average Bonchev–Trinajstić information content (AvgIpc) is 3.56. The number of thiophene rings is 2. The van der Waals surface area contributed by atoms with Gasteiger partial charge in [-0.25, -0.2) is 5.01 Å². The van der Waals surface area contributed by atoms with E-state index in [0.29, 0.717) is 16.7 Å². The Bertz CT molecular complexity index is 1160. The Morgan fingerprint density at radius 2 is 2.07 bits per heavy atom. The van der Waals surface area contributed by atoms with E-state index in [0.717, 1.165) is 21.9 Å². The molecule has 1 atom stereocenters. The van der Waals surface area contributed by atoms with Crippen LogP contribution in [-0.4, -0.2) is 37.1 Å². The highest BCUT2D eigenvalue weighted by molar-refractivity contribution is 7.99. The van der Waals surface area contributed by atoms with Crippen molar-refractivity contribution in [2.24, 2.45) is 12.1 Å². The highest BCUT2D eigenvalue weighted by Crippen LogP contribution is 2.36. The van der Waals surface area contributed by atoms with Crippen LogP contribution in [0.5, 0.6) is 0 Å². The molecule has 1 aliphatic heterocycles. The van der Waals surface area contributed by atoms with Gasteiger partial charge >= 0.3 is 0 Å². The molecule has 0 unspecified atom stereocenters. The van der Waals surface area contributed by atoms with Crippen LogP contribution in [0.25, 0.3) is 11.6 Å². The summed E-state index contributed by atoms with van der Waals surface area (Å²) in [7, 11) is 1.86. The van der Waals surface area contributed by atoms with Gasteiger partial charge in [0.2, 0.25) is 0 Å². The fraction of sp³-hybridized carbons (Fsp3) is 0.200. The van der Waals surface area contributed by atoms with Gasteiger partial charge in [-0.3, -0.25) is 4.79 Å². The van der Waals surface area contributed by atoms with E-state index < -0.39 is 0 Å². The predicted molar refractivity (Wildman–Crippen MR) is 119 cm³/mol. The van der Waals surface area contributed by atoms with Crippen molar-refractivity contribution in [2.75, 3.05) is 5.75 Å². The van der Waals surface area contributed by atoms with Crippen molar-refractivity contribution in [3.8, 4) is 11.6 Å². The van der Waals surface area contributed by atoms with Crippen LogP contribution in [-0.2, 0) is 11.8 Å². The number of aromatic nitrogens is 3. The molecule has 30 heavy (non-hydrogen) atoms. The van der Waals surface area contributed by atoms with Crippen LogP contribution in [0, 0.1) is 0 Å². The van der Waals surface area contributed by atoms with Crippen molar-refractivity contribution in [3.05, 3.63) is 63.2 Å². The van der Waals surface area contributed by atoms with E-state index in [4.69, 9.17) is 9.52 Å². The van der Waals surface area contributed by atoms with E-state index >= 15 is 0 Å². The van der Waals surface area contributed by atoms with E-state index in [9.17, 15) is 4.79 Å². The van der Waals surface area contributed by atoms with Crippen molar-refractivity contribution in [2.45, 2.75) is 17.6 Å². The predicted octanol–water partition coefficient (Wildman–Crippen LogP) is 4.67. The largest absolute Gasteiger partial charge is 0.461 e. The van der Waals surface area contributed by atoms with Gasteiger partial charge in [0.25, 0.3) is 5.91 Å². The molecule has 0 radical (unpaired) electrons. The third kappa shape index (κ3) is 3.62. The van der Waals surface area contributed by atoms with Crippen LogP contribution in [0.2, 0.25) is 0 Å². The number of carbonyl (C=O) groups excluding carboxylic acids is 1. The summed E-state index contributed by atoms with van der Waals surface area (Å²) in [5.74, 6) is 1.46. The number of nitrogens with zero attached hydrogens (tertiary/aromatic N) is 5. The lowest BCUT2D eigenvalue weighted by atomic mass is 10.1. The summed E-state index contributed by atoms with van der Waals surface area (Å²) in [5.41, 5.74) is 0.959. The molecule has 0 saturated heterocycles. The van der Waals surface area contributed by atoms with E-state index in [-0.39, 0.29) is 17.7 Å². The molecule has 4 aromatic heterocycles. The number of furan rings is 1. The quantitative estimate of drug-likeness (QED) is 0.395. The minimum atomic E-state index is -0.0617. The number of amides is 1. The van der Waals surface area contributed by atoms with Gasteiger partial charge in [-0.1, -0.05) is 23.9 Å². The zero-order valence-corrected chi connectivity index (χ0v) is 18.4. The summed E-state index contributed by atoms with van der Waals surface area (Å²) < 4.78 is 7.23. The van der Waals surface area contributed by atoms with Gasteiger partial charge in [-0.15, -0.1) is 32.9 Å². The van der Waals surface area contributed by atoms with Gasteiger partial charge < -0.3 is 8.98 Å². The van der Waals surface area contributed by atoms with Gasteiger partial charge in [-0.2, -0.15) is 5.10 Å². The van der Waals surface area contributed by atoms with E-state index in [1.54, 1.807) is 33.9 Å². The fourth-order valence-electron chi connectivity index (χ4n) is 3.29. The Labute approximate surface area is 185 Å². The van der Waals surface area contributed by atoms with Gasteiger partial charge in [-0.05, 0) is 35.0 Å². The first kappa shape index (κ1) is 19.3. The first-order valence-corrected chi connectivity index (χ1v) is 12.0. The Balaban J connectivity index is 1.34.